The highest BCUT2D eigenvalue weighted by molar-refractivity contribution is 7.13. The molecule has 0 unspecified atom stereocenters. The summed E-state index contributed by atoms with van der Waals surface area (Å²) in [5.41, 5.74) is 4.91. The molecule has 5 aromatic rings. The summed E-state index contributed by atoms with van der Waals surface area (Å²) in [6.07, 6.45) is 2.77. The number of fused-ring (bicyclic) bond motifs is 2. The van der Waals surface area contributed by atoms with Crippen LogP contribution in [-0.4, -0.2) is 40.7 Å². The van der Waals surface area contributed by atoms with Gasteiger partial charge in [-0.2, -0.15) is 0 Å². The van der Waals surface area contributed by atoms with E-state index in [-0.39, 0.29) is 5.91 Å². The number of aromatic nitrogens is 3. The molecule has 2 aromatic carbocycles. The number of para-hydroxylation sites is 2. The van der Waals surface area contributed by atoms with Gasteiger partial charge in [0.15, 0.2) is 0 Å². The largest absolute Gasteiger partial charge is 0.383 e. The molecule has 0 spiro atoms. The third-order valence-corrected chi connectivity index (χ3v) is 6.51. The molecule has 0 saturated carbocycles. The number of carbonyl (C=O) groups is 1. The molecule has 7 heteroatoms. The zero-order valence-corrected chi connectivity index (χ0v) is 18.6. The number of nitrogens with zero attached hydrogens (tertiary/aromatic N) is 2. The second kappa shape index (κ2) is 8.98. The Bertz CT molecular complexity index is 1380. The van der Waals surface area contributed by atoms with Crippen LogP contribution < -0.4 is 5.32 Å². The van der Waals surface area contributed by atoms with E-state index in [4.69, 9.17) is 4.74 Å². The Morgan fingerprint density at radius 1 is 1.19 bits per heavy atom. The molecule has 5 rings (SSSR count). The maximum Gasteiger partial charge on any atom is 0.270 e. The van der Waals surface area contributed by atoms with Crippen LogP contribution in [0.4, 0.5) is 0 Å². The van der Waals surface area contributed by atoms with Crippen molar-refractivity contribution in [2.75, 3.05) is 20.3 Å². The number of hydrogen-bond donors (Lipinski definition) is 2. The van der Waals surface area contributed by atoms with E-state index >= 15 is 0 Å². The van der Waals surface area contributed by atoms with Gasteiger partial charge >= 0.3 is 0 Å². The lowest BCUT2D eigenvalue weighted by Gasteiger charge is -2.08. The highest BCUT2D eigenvalue weighted by atomic mass is 32.1. The Morgan fingerprint density at radius 2 is 2.03 bits per heavy atom. The quantitative estimate of drug-likeness (QED) is 0.359. The van der Waals surface area contributed by atoms with Crippen molar-refractivity contribution in [3.63, 3.8) is 0 Å². The lowest BCUT2D eigenvalue weighted by atomic mass is 10.1. The van der Waals surface area contributed by atoms with Gasteiger partial charge < -0.3 is 19.6 Å². The minimum atomic E-state index is -0.146. The molecule has 3 heterocycles. The molecule has 1 amide bonds. The molecule has 0 atom stereocenters. The topological polar surface area (TPSA) is 71.9 Å². The van der Waals surface area contributed by atoms with Gasteiger partial charge in [-0.25, -0.2) is 4.98 Å². The number of aromatic amines is 1. The predicted octanol–water partition coefficient (Wildman–Crippen LogP) is 4.87. The standard InChI is InChI=1S/C25H24N4O2S/c1-31-13-12-29-22-9-5-2-6-17(22)14-23(29)25-28-21(16-32-25)24(30)26-11-10-18-15-27-20-8-4-3-7-19(18)20/h2-9,14-16,27H,10-13H2,1H3,(H,26,30). The van der Waals surface area contributed by atoms with Crippen LogP contribution in [0.2, 0.25) is 0 Å². The summed E-state index contributed by atoms with van der Waals surface area (Å²) in [6, 6.07) is 18.6. The number of H-pyrrole nitrogens is 1. The molecular weight excluding hydrogens is 420 g/mol. The molecule has 0 saturated heterocycles. The summed E-state index contributed by atoms with van der Waals surface area (Å²) in [6.45, 7) is 1.89. The van der Waals surface area contributed by atoms with Crippen LogP contribution in [0.15, 0.2) is 66.2 Å². The van der Waals surface area contributed by atoms with Gasteiger partial charge in [0.2, 0.25) is 0 Å². The summed E-state index contributed by atoms with van der Waals surface area (Å²) in [5.74, 6) is -0.146. The van der Waals surface area contributed by atoms with E-state index in [0.717, 1.165) is 40.1 Å². The fourth-order valence-corrected chi connectivity index (χ4v) is 4.87. The van der Waals surface area contributed by atoms with Crippen molar-refractivity contribution in [3.05, 3.63) is 77.4 Å². The summed E-state index contributed by atoms with van der Waals surface area (Å²) in [7, 11) is 1.70. The number of carbonyl (C=O) groups excluding carboxylic acids is 1. The Morgan fingerprint density at radius 3 is 2.94 bits per heavy atom. The fraction of sp³-hybridized carbons (Fsp3) is 0.200. The van der Waals surface area contributed by atoms with E-state index in [9.17, 15) is 4.79 Å². The van der Waals surface area contributed by atoms with Gasteiger partial charge in [-0.05, 0) is 30.2 Å². The predicted molar refractivity (Wildman–Crippen MR) is 129 cm³/mol. The van der Waals surface area contributed by atoms with Crippen LogP contribution in [-0.2, 0) is 17.7 Å². The molecule has 0 radical (unpaired) electrons. The summed E-state index contributed by atoms with van der Waals surface area (Å²) in [5, 5.41) is 8.01. The van der Waals surface area contributed by atoms with Crippen molar-refractivity contribution in [3.8, 4) is 10.7 Å². The number of ether oxygens (including phenoxy) is 1. The Balaban J connectivity index is 1.31. The van der Waals surface area contributed by atoms with E-state index in [1.807, 2.05) is 35.8 Å². The minimum absolute atomic E-state index is 0.146. The van der Waals surface area contributed by atoms with Crippen LogP contribution in [0.5, 0.6) is 0 Å². The van der Waals surface area contributed by atoms with Crippen LogP contribution in [0.1, 0.15) is 16.1 Å². The van der Waals surface area contributed by atoms with Crippen LogP contribution in [0.3, 0.4) is 0 Å². The number of amides is 1. The highest BCUT2D eigenvalue weighted by Crippen LogP contribution is 2.30. The number of benzene rings is 2. The van der Waals surface area contributed by atoms with Crippen LogP contribution in [0.25, 0.3) is 32.5 Å². The number of methoxy groups -OCH3 is 1. The van der Waals surface area contributed by atoms with Gasteiger partial charge in [0, 0.05) is 53.6 Å². The first-order chi connectivity index (χ1) is 15.7. The third-order valence-electron chi connectivity index (χ3n) is 5.64. The van der Waals surface area contributed by atoms with Gasteiger partial charge in [0.1, 0.15) is 10.7 Å². The van der Waals surface area contributed by atoms with Gasteiger partial charge in [-0.1, -0.05) is 36.4 Å². The third kappa shape index (κ3) is 3.92. The molecule has 0 aliphatic heterocycles. The molecular formula is C25H24N4O2S. The van der Waals surface area contributed by atoms with Crippen molar-refractivity contribution >= 4 is 39.0 Å². The molecule has 2 N–H and O–H groups in total. The molecule has 0 bridgehead atoms. The Kier molecular flexibility index (Phi) is 5.75. The first-order valence-electron chi connectivity index (χ1n) is 10.6. The van der Waals surface area contributed by atoms with Gasteiger partial charge in [-0.15, -0.1) is 11.3 Å². The summed E-state index contributed by atoms with van der Waals surface area (Å²) >= 11 is 1.49. The summed E-state index contributed by atoms with van der Waals surface area (Å²) < 4.78 is 7.50. The van der Waals surface area contributed by atoms with Gasteiger partial charge in [0.25, 0.3) is 5.91 Å². The van der Waals surface area contributed by atoms with E-state index in [1.54, 1.807) is 7.11 Å². The molecule has 0 fully saturated rings. The smallest absolute Gasteiger partial charge is 0.270 e. The Labute approximate surface area is 189 Å². The first kappa shape index (κ1) is 20.5. The van der Waals surface area contributed by atoms with Crippen molar-refractivity contribution in [1.29, 1.82) is 0 Å². The first-order valence-corrected chi connectivity index (χ1v) is 11.5. The zero-order valence-electron chi connectivity index (χ0n) is 17.8. The number of hydrogen-bond acceptors (Lipinski definition) is 4. The Hall–Kier alpha value is -3.42. The monoisotopic (exact) mass is 444 g/mol. The second-order valence-corrected chi connectivity index (χ2v) is 8.49. The minimum Gasteiger partial charge on any atom is -0.383 e. The van der Waals surface area contributed by atoms with Crippen LogP contribution >= 0.6 is 11.3 Å². The maximum absolute atomic E-state index is 12.7. The number of rotatable bonds is 8. The van der Waals surface area contributed by atoms with Crippen LogP contribution in [0, 0.1) is 0 Å². The van der Waals surface area contributed by atoms with Crippen molar-refractivity contribution in [2.24, 2.45) is 0 Å². The van der Waals surface area contributed by atoms with Gasteiger partial charge in [-0.3, -0.25) is 4.79 Å². The normalized spacial score (nSPS) is 11.4. The van der Waals surface area contributed by atoms with E-state index in [1.165, 1.54) is 22.3 Å². The van der Waals surface area contributed by atoms with E-state index < -0.39 is 0 Å². The van der Waals surface area contributed by atoms with Gasteiger partial charge in [0.05, 0.1) is 12.3 Å². The number of nitrogens with one attached hydrogen (secondary N) is 2. The second-order valence-electron chi connectivity index (χ2n) is 7.64. The van der Waals surface area contributed by atoms with Crippen molar-refractivity contribution in [2.45, 2.75) is 13.0 Å². The average Bonchev–Trinajstić information content (AvgIpc) is 3.55. The molecule has 3 aromatic heterocycles. The fourth-order valence-electron chi connectivity index (χ4n) is 4.05. The maximum atomic E-state index is 12.7. The summed E-state index contributed by atoms with van der Waals surface area (Å²) in [4.78, 5) is 20.6. The zero-order chi connectivity index (χ0) is 21.9. The molecule has 0 aliphatic carbocycles. The lowest BCUT2D eigenvalue weighted by molar-refractivity contribution is 0.0950. The van der Waals surface area contributed by atoms with Crippen molar-refractivity contribution in [1.82, 2.24) is 19.9 Å². The molecule has 162 valence electrons. The number of thiazole rings is 1. The van der Waals surface area contributed by atoms with Crippen molar-refractivity contribution < 1.29 is 9.53 Å². The van der Waals surface area contributed by atoms with E-state index in [2.05, 4.69) is 50.2 Å². The van der Waals surface area contributed by atoms with E-state index in [0.29, 0.717) is 18.8 Å². The molecule has 32 heavy (non-hydrogen) atoms. The lowest BCUT2D eigenvalue weighted by Crippen LogP contribution is -2.25. The highest BCUT2D eigenvalue weighted by Gasteiger charge is 2.16. The average molecular weight is 445 g/mol. The SMILES string of the molecule is COCCn1c(-c2nc(C(=O)NCCc3c[nH]c4ccccc34)cs2)cc2ccccc21. The molecule has 6 nitrogen and oxygen atoms in total. The molecule has 0 aliphatic rings.